The summed E-state index contributed by atoms with van der Waals surface area (Å²) in [4.78, 5) is 41.5. The maximum absolute atomic E-state index is 13.4. The molecule has 5 rings (SSSR count). The second-order valence-corrected chi connectivity index (χ2v) is 10.1. The Morgan fingerprint density at radius 2 is 1.85 bits per heavy atom. The fourth-order valence-corrected chi connectivity index (χ4v) is 5.95. The van der Waals surface area contributed by atoms with Crippen molar-refractivity contribution in [3.05, 3.63) is 52.3 Å². The van der Waals surface area contributed by atoms with Crippen molar-refractivity contribution in [1.82, 2.24) is 19.6 Å². The molecule has 1 aromatic carbocycles. The summed E-state index contributed by atoms with van der Waals surface area (Å²) < 4.78 is 1.83. The van der Waals surface area contributed by atoms with E-state index in [0.717, 1.165) is 30.5 Å². The van der Waals surface area contributed by atoms with Crippen LogP contribution in [0.5, 0.6) is 0 Å². The van der Waals surface area contributed by atoms with Crippen molar-refractivity contribution in [1.29, 1.82) is 0 Å². The van der Waals surface area contributed by atoms with Crippen LogP contribution >= 0.6 is 11.6 Å². The highest BCUT2D eigenvalue weighted by Crippen LogP contribution is 2.38. The maximum Gasteiger partial charge on any atom is 0.306 e. The number of amides is 2. The summed E-state index contributed by atoms with van der Waals surface area (Å²) in [5.41, 5.74) is 2.29. The van der Waals surface area contributed by atoms with Gasteiger partial charge in [0.2, 0.25) is 5.91 Å². The standard InChI is InChI=1S/C25H29ClN4O4/c26-18-4-1-3-16(11-18)7-8-23(31)28-9-10-29-21(15-28)14-22(27-29)24(32)30-19-5-2-6-20(30)13-17(12-19)25(33)34/h1,3-4,11,14,17,19-20H,2,5-10,12-13,15H2,(H,33,34). The van der Waals surface area contributed by atoms with Crippen molar-refractivity contribution >= 4 is 29.4 Å². The number of aryl methyl sites for hydroxylation is 1. The smallest absolute Gasteiger partial charge is 0.306 e. The van der Waals surface area contributed by atoms with Crippen molar-refractivity contribution in [3.8, 4) is 0 Å². The van der Waals surface area contributed by atoms with Crippen molar-refractivity contribution in [2.24, 2.45) is 5.92 Å². The molecule has 34 heavy (non-hydrogen) atoms. The van der Waals surface area contributed by atoms with Gasteiger partial charge in [0, 0.05) is 30.1 Å². The van der Waals surface area contributed by atoms with E-state index in [1.165, 1.54) is 0 Å². The van der Waals surface area contributed by atoms with Gasteiger partial charge in [-0.3, -0.25) is 19.1 Å². The number of aliphatic carboxylic acids is 1. The highest BCUT2D eigenvalue weighted by molar-refractivity contribution is 6.30. The second-order valence-electron chi connectivity index (χ2n) is 9.65. The Kier molecular flexibility index (Phi) is 6.34. The van der Waals surface area contributed by atoms with E-state index < -0.39 is 5.97 Å². The van der Waals surface area contributed by atoms with Crippen LogP contribution in [0.2, 0.25) is 5.02 Å². The Bertz CT molecular complexity index is 1100. The molecule has 3 aliphatic rings. The number of halogens is 1. The first kappa shape index (κ1) is 22.9. The van der Waals surface area contributed by atoms with Crippen LogP contribution in [0.4, 0.5) is 0 Å². The van der Waals surface area contributed by atoms with Crippen molar-refractivity contribution in [2.75, 3.05) is 6.54 Å². The molecule has 3 aliphatic heterocycles. The predicted octanol–water partition coefficient (Wildman–Crippen LogP) is 3.37. The number of carbonyl (C=O) groups excluding carboxylic acids is 2. The van der Waals surface area contributed by atoms with Gasteiger partial charge in [0.25, 0.3) is 5.91 Å². The second kappa shape index (κ2) is 9.41. The molecule has 9 heteroatoms. The summed E-state index contributed by atoms with van der Waals surface area (Å²) >= 11 is 6.04. The molecule has 180 valence electrons. The summed E-state index contributed by atoms with van der Waals surface area (Å²) in [6.45, 7) is 1.55. The normalized spacial score (nSPS) is 24.0. The molecular formula is C25H29ClN4O4. The quantitative estimate of drug-likeness (QED) is 0.702. The Balaban J connectivity index is 1.24. The first-order valence-corrected chi connectivity index (χ1v) is 12.4. The average molecular weight is 485 g/mol. The lowest BCUT2D eigenvalue weighted by atomic mass is 9.78. The molecule has 2 atom stereocenters. The van der Waals surface area contributed by atoms with Gasteiger partial charge in [0.15, 0.2) is 5.69 Å². The third-order valence-corrected chi connectivity index (χ3v) is 7.68. The molecule has 0 spiro atoms. The number of carboxylic acid groups (broad SMARTS) is 1. The average Bonchev–Trinajstić information content (AvgIpc) is 3.24. The summed E-state index contributed by atoms with van der Waals surface area (Å²) in [7, 11) is 0. The highest BCUT2D eigenvalue weighted by Gasteiger charge is 2.43. The third kappa shape index (κ3) is 4.56. The fourth-order valence-electron chi connectivity index (χ4n) is 5.73. The number of nitrogens with zero attached hydrogens (tertiary/aromatic N) is 4. The summed E-state index contributed by atoms with van der Waals surface area (Å²) in [5, 5.41) is 14.7. The van der Waals surface area contributed by atoms with Gasteiger partial charge >= 0.3 is 5.97 Å². The number of fused-ring (bicyclic) bond motifs is 3. The maximum atomic E-state index is 13.4. The molecule has 4 heterocycles. The first-order chi connectivity index (χ1) is 16.4. The minimum atomic E-state index is -0.762. The molecule has 2 fully saturated rings. The van der Waals surface area contributed by atoms with Crippen LogP contribution in [0, 0.1) is 5.92 Å². The van der Waals surface area contributed by atoms with Gasteiger partial charge in [0.1, 0.15) is 0 Å². The van der Waals surface area contributed by atoms with Gasteiger partial charge < -0.3 is 14.9 Å². The largest absolute Gasteiger partial charge is 0.481 e. The van der Waals surface area contributed by atoms with E-state index in [4.69, 9.17) is 11.6 Å². The topological polar surface area (TPSA) is 95.7 Å². The van der Waals surface area contributed by atoms with Crippen LogP contribution in [0.15, 0.2) is 30.3 Å². The van der Waals surface area contributed by atoms with E-state index in [1.54, 1.807) is 6.07 Å². The van der Waals surface area contributed by atoms with Gasteiger partial charge in [-0.25, -0.2) is 0 Å². The van der Waals surface area contributed by atoms with Crippen LogP contribution in [-0.4, -0.2) is 61.1 Å². The molecule has 0 saturated carbocycles. The number of carbonyl (C=O) groups is 3. The minimum absolute atomic E-state index is 0.0376. The molecule has 0 radical (unpaired) electrons. The summed E-state index contributed by atoms with van der Waals surface area (Å²) in [6.07, 6.45) is 4.77. The van der Waals surface area contributed by atoms with Gasteiger partial charge in [-0.2, -0.15) is 5.10 Å². The molecule has 2 unspecified atom stereocenters. The zero-order valence-electron chi connectivity index (χ0n) is 19.0. The lowest BCUT2D eigenvalue weighted by molar-refractivity contribution is -0.145. The molecule has 1 aromatic heterocycles. The lowest BCUT2D eigenvalue weighted by Crippen LogP contribution is -2.55. The Morgan fingerprint density at radius 3 is 2.56 bits per heavy atom. The Hall–Kier alpha value is -2.87. The summed E-state index contributed by atoms with van der Waals surface area (Å²) in [6, 6.07) is 9.28. The molecule has 2 amide bonds. The lowest BCUT2D eigenvalue weighted by Gasteiger charge is -2.47. The molecule has 2 saturated heterocycles. The van der Waals surface area contributed by atoms with Crippen LogP contribution in [0.1, 0.15) is 60.3 Å². The third-order valence-electron chi connectivity index (χ3n) is 7.44. The first-order valence-electron chi connectivity index (χ1n) is 12.0. The van der Waals surface area contributed by atoms with E-state index in [9.17, 15) is 19.5 Å². The van der Waals surface area contributed by atoms with Crippen LogP contribution in [0.3, 0.4) is 0 Å². The molecule has 1 N–H and O–H groups in total. The zero-order valence-corrected chi connectivity index (χ0v) is 19.8. The number of aromatic nitrogens is 2. The van der Waals surface area contributed by atoms with Crippen LogP contribution < -0.4 is 0 Å². The van der Waals surface area contributed by atoms with E-state index in [-0.39, 0.29) is 29.8 Å². The van der Waals surface area contributed by atoms with Gasteiger partial charge in [-0.1, -0.05) is 23.7 Å². The molecule has 8 nitrogen and oxygen atoms in total. The number of piperidine rings is 2. The van der Waals surface area contributed by atoms with E-state index in [1.807, 2.05) is 38.7 Å². The molecule has 2 aromatic rings. The summed E-state index contributed by atoms with van der Waals surface area (Å²) in [5.74, 6) is -1.17. The molecule has 2 bridgehead atoms. The van der Waals surface area contributed by atoms with Gasteiger partial charge in [-0.05, 0) is 62.3 Å². The number of hydrogen-bond acceptors (Lipinski definition) is 4. The van der Waals surface area contributed by atoms with E-state index in [0.29, 0.717) is 56.0 Å². The van der Waals surface area contributed by atoms with Crippen molar-refractivity contribution in [3.63, 3.8) is 0 Å². The minimum Gasteiger partial charge on any atom is -0.481 e. The Labute approximate surface area is 203 Å². The monoisotopic (exact) mass is 484 g/mol. The van der Waals surface area contributed by atoms with Crippen molar-refractivity contribution in [2.45, 2.75) is 70.1 Å². The SMILES string of the molecule is O=C(O)C1CC2CCCC(C1)N2C(=O)c1cc2n(n1)CCN(C(=O)CCc1cccc(Cl)c1)C2. The van der Waals surface area contributed by atoms with E-state index >= 15 is 0 Å². The van der Waals surface area contributed by atoms with Crippen LogP contribution in [-0.2, 0) is 29.1 Å². The van der Waals surface area contributed by atoms with Gasteiger partial charge in [-0.15, -0.1) is 0 Å². The van der Waals surface area contributed by atoms with Crippen molar-refractivity contribution < 1.29 is 19.5 Å². The Morgan fingerprint density at radius 1 is 1.09 bits per heavy atom. The number of carboxylic acids is 1. The fraction of sp³-hybridized carbons (Fsp3) is 0.520. The van der Waals surface area contributed by atoms with E-state index in [2.05, 4.69) is 5.10 Å². The molecule has 0 aliphatic carbocycles. The van der Waals surface area contributed by atoms with Crippen LogP contribution in [0.25, 0.3) is 0 Å². The zero-order chi connectivity index (χ0) is 23.8. The highest BCUT2D eigenvalue weighted by atomic mass is 35.5. The van der Waals surface area contributed by atoms with Gasteiger partial charge in [0.05, 0.1) is 24.7 Å². The molecular weight excluding hydrogens is 456 g/mol. The number of rotatable bonds is 5. The number of hydrogen-bond donors (Lipinski definition) is 1. The number of benzene rings is 1. The predicted molar refractivity (Wildman–Crippen MR) is 125 cm³/mol.